The maximum Gasteiger partial charge on any atom is 0.328 e. The van der Waals surface area contributed by atoms with Crippen LogP contribution >= 0.6 is 0 Å². The number of carbonyl (C=O) groups excluding carboxylic acids is 4. The maximum absolute atomic E-state index is 12.3. The number of amides is 1. The Balaban J connectivity index is 2.65. The van der Waals surface area contributed by atoms with E-state index in [2.05, 4.69) is 14.8 Å². The molecule has 0 heterocycles. The lowest BCUT2D eigenvalue weighted by Gasteiger charge is -2.19. The predicted molar refractivity (Wildman–Crippen MR) is 90.5 cm³/mol. The first-order chi connectivity index (χ1) is 11.9. The number of methoxy groups -OCH3 is 2. The molecule has 1 fully saturated rings. The van der Waals surface area contributed by atoms with Crippen LogP contribution in [0.15, 0.2) is 12.2 Å². The van der Waals surface area contributed by atoms with Crippen LogP contribution in [0, 0.1) is 11.8 Å². The monoisotopic (exact) mass is 353 g/mol. The van der Waals surface area contributed by atoms with Gasteiger partial charge in [0.05, 0.1) is 20.6 Å². The van der Waals surface area contributed by atoms with Crippen molar-refractivity contribution in [1.29, 1.82) is 0 Å². The molecule has 3 atom stereocenters. The van der Waals surface area contributed by atoms with Crippen LogP contribution in [0.4, 0.5) is 0 Å². The van der Waals surface area contributed by atoms with Crippen molar-refractivity contribution in [3.63, 3.8) is 0 Å². The highest BCUT2D eigenvalue weighted by molar-refractivity contribution is 5.89. The molecule has 1 amide bonds. The topological polar surface area (TPSA) is 98.8 Å². The lowest BCUT2D eigenvalue weighted by molar-refractivity contribution is -0.150. The standard InChI is InChI=1S/C18H27NO6/c1-4-5-6-7-13-12(8-9-15(13)20)10-16(21)19-14(18(23)25-3)11-17(22)24-2/h5-6,12-14H,4,7-11H2,1-3H3,(H,19,21)/b6-5-/t12-,13-,14?/m1/s1. The molecule has 1 aliphatic carbocycles. The van der Waals surface area contributed by atoms with E-state index in [4.69, 9.17) is 0 Å². The Kier molecular flexibility index (Phi) is 8.88. The van der Waals surface area contributed by atoms with Gasteiger partial charge in [-0.1, -0.05) is 19.1 Å². The number of rotatable bonds is 9. The Morgan fingerprint density at radius 3 is 2.56 bits per heavy atom. The van der Waals surface area contributed by atoms with E-state index in [-0.39, 0.29) is 36.4 Å². The number of Topliss-reactive ketones (excluding diaryl/α,β-unsaturated/α-hetero) is 1. The molecule has 7 nitrogen and oxygen atoms in total. The average molecular weight is 353 g/mol. The van der Waals surface area contributed by atoms with E-state index >= 15 is 0 Å². The molecule has 1 unspecified atom stereocenters. The summed E-state index contributed by atoms with van der Waals surface area (Å²) >= 11 is 0. The summed E-state index contributed by atoms with van der Waals surface area (Å²) in [5.74, 6) is -1.73. The first-order valence-corrected chi connectivity index (χ1v) is 8.54. The molecule has 0 bridgehead atoms. The summed E-state index contributed by atoms with van der Waals surface area (Å²) in [6.07, 6.45) is 6.52. The number of ketones is 1. The zero-order valence-corrected chi connectivity index (χ0v) is 15.1. The van der Waals surface area contributed by atoms with Crippen molar-refractivity contribution >= 4 is 23.6 Å². The van der Waals surface area contributed by atoms with Gasteiger partial charge in [0.2, 0.25) is 5.91 Å². The smallest absolute Gasteiger partial charge is 0.328 e. The van der Waals surface area contributed by atoms with Gasteiger partial charge >= 0.3 is 11.9 Å². The highest BCUT2D eigenvalue weighted by Gasteiger charge is 2.35. The molecular formula is C18H27NO6. The lowest BCUT2D eigenvalue weighted by Crippen LogP contribution is -2.43. The van der Waals surface area contributed by atoms with Crippen LogP contribution < -0.4 is 5.32 Å². The molecule has 0 aromatic rings. The van der Waals surface area contributed by atoms with Crippen molar-refractivity contribution in [2.24, 2.45) is 11.8 Å². The average Bonchev–Trinajstić information content (AvgIpc) is 2.93. The number of hydrogen-bond acceptors (Lipinski definition) is 6. The Labute approximate surface area is 148 Å². The second-order valence-corrected chi connectivity index (χ2v) is 6.11. The minimum absolute atomic E-state index is 0.0505. The maximum atomic E-state index is 12.3. The Morgan fingerprint density at radius 2 is 1.96 bits per heavy atom. The van der Waals surface area contributed by atoms with E-state index in [0.29, 0.717) is 19.3 Å². The summed E-state index contributed by atoms with van der Waals surface area (Å²) < 4.78 is 9.13. The Morgan fingerprint density at radius 1 is 1.24 bits per heavy atom. The van der Waals surface area contributed by atoms with E-state index in [1.165, 1.54) is 14.2 Å². The SMILES string of the molecule is CC/C=C\C[C@H]1C(=O)CC[C@@H]1CC(=O)NC(CC(=O)OC)C(=O)OC. The van der Waals surface area contributed by atoms with Gasteiger partial charge < -0.3 is 14.8 Å². The zero-order chi connectivity index (χ0) is 18.8. The first-order valence-electron chi connectivity index (χ1n) is 8.54. The van der Waals surface area contributed by atoms with Crippen LogP contribution in [0.25, 0.3) is 0 Å². The summed E-state index contributed by atoms with van der Waals surface area (Å²) in [7, 11) is 2.39. The fraction of sp³-hybridized carbons (Fsp3) is 0.667. The van der Waals surface area contributed by atoms with Gasteiger partial charge in [0, 0.05) is 18.8 Å². The summed E-state index contributed by atoms with van der Waals surface area (Å²) in [4.78, 5) is 47.4. The first kappa shape index (κ1) is 20.9. The molecular weight excluding hydrogens is 326 g/mol. The van der Waals surface area contributed by atoms with E-state index in [1.54, 1.807) is 0 Å². The van der Waals surface area contributed by atoms with Gasteiger partial charge in [0.15, 0.2) is 0 Å². The number of nitrogens with one attached hydrogen (secondary N) is 1. The third-order valence-electron chi connectivity index (χ3n) is 4.40. The molecule has 1 saturated carbocycles. The van der Waals surface area contributed by atoms with Gasteiger partial charge in [-0.3, -0.25) is 14.4 Å². The number of ether oxygens (including phenoxy) is 2. The summed E-state index contributed by atoms with van der Waals surface area (Å²) in [6, 6.07) is -1.08. The fourth-order valence-electron chi connectivity index (χ4n) is 3.03. The fourth-order valence-corrected chi connectivity index (χ4v) is 3.03. The number of esters is 2. The largest absolute Gasteiger partial charge is 0.469 e. The summed E-state index contributed by atoms with van der Waals surface area (Å²) in [5, 5.41) is 2.52. The van der Waals surface area contributed by atoms with E-state index in [1.807, 2.05) is 19.1 Å². The van der Waals surface area contributed by atoms with Crippen molar-refractivity contribution in [2.75, 3.05) is 14.2 Å². The predicted octanol–water partition coefficient (Wildman–Crippen LogP) is 1.55. The Hall–Kier alpha value is -2.18. The van der Waals surface area contributed by atoms with Gasteiger partial charge in [-0.25, -0.2) is 4.79 Å². The highest BCUT2D eigenvalue weighted by Crippen LogP contribution is 2.34. The minimum Gasteiger partial charge on any atom is -0.469 e. The Bertz CT molecular complexity index is 528. The van der Waals surface area contributed by atoms with Crippen LogP contribution in [0.3, 0.4) is 0 Å². The molecule has 0 aliphatic heterocycles. The van der Waals surface area contributed by atoms with Crippen LogP contribution in [-0.4, -0.2) is 43.9 Å². The van der Waals surface area contributed by atoms with Crippen molar-refractivity contribution in [1.82, 2.24) is 5.32 Å². The van der Waals surface area contributed by atoms with Gasteiger partial charge in [-0.2, -0.15) is 0 Å². The third kappa shape index (κ3) is 6.68. The zero-order valence-electron chi connectivity index (χ0n) is 15.1. The normalized spacial score (nSPS) is 21.2. The molecule has 140 valence electrons. The van der Waals surface area contributed by atoms with Crippen LogP contribution in [0.5, 0.6) is 0 Å². The third-order valence-corrected chi connectivity index (χ3v) is 4.40. The van der Waals surface area contributed by atoms with Gasteiger partial charge in [-0.15, -0.1) is 0 Å². The molecule has 0 aromatic carbocycles. The highest BCUT2D eigenvalue weighted by atomic mass is 16.5. The molecule has 0 radical (unpaired) electrons. The van der Waals surface area contributed by atoms with Crippen molar-refractivity contribution in [2.45, 2.75) is 51.5 Å². The van der Waals surface area contributed by atoms with Crippen LogP contribution in [-0.2, 0) is 28.7 Å². The molecule has 7 heteroatoms. The quantitative estimate of drug-likeness (QED) is 0.499. The molecule has 0 saturated heterocycles. The van der Waals surface area contributed by atoms with Crippen LogP contribution in [0.2, 0.25) is 0 Å². The summed E-state index contributed by atoms with van der Waals surface area (Å²) in [6.45, 7) is 2.02. The second-order valence-electron chi connectivity index (χ2n) is 6.11. The molecule has 0 spiro atoms. The van der Waals surface area contributed by atoms with Crippen molar-refractivity contribution < 1.29 is 28.7 Å². The van der Waals surface area contributed by atoms with Crippen molar-refractivity contribution in [3.05, 3.63) is 12.2 Å². The van der Waals surface area contributed by atoms with Crippen molar-refractivity contribution in [3.8, 4) is 0 Å². The van der Waals surface area contributed by atoms with Crippen LogP contribution in [0.1, 0.15) is 45.4 Å². The van der Waals surface area contributed by atoms with Gasteiger partial charge in [0.25, 0.3) is 0 Å². The summed E-state index contributed by atoms with van der Waals surface area (Å²) in [5.41, 5.74) is 0. The molecule has 1 rings (SSSR count). The molecule has 1 aliphatic rings. The lowest BCUT2D eigenvalue weighted by atomic mass is 9.89. The second kappa shape index (κ2) is 10.6. The van der Waals surface area contributed by atoms with E-state index in [0.717, 1.165) is 6.42 Å². The van der Waals surface area contributed by atoms with Gasteiger partial charge in [-0.05, 0) is 25.2 Å². The minimum atomic E-state index is -1.08. The van der Waals surface area contributed by atoms with E-state index in [9.17, 15) is 19.2 Å². The molecule has 25 heavy (non-hydrogen) atoms. The number of hydrogen-bond donors (Lipinski definition) is 1. The number of carbonyl (C=O) groups is 4. The molecule has 1 N–H and O–H groups in total. The number of allylic oxidation sites excluding steroid dienone is 2. The van der Waals surface area contributed by atoms with Gasteiger partial charge in [0.1, 0.15) is 11.8 Å². The molecule has 0 aromatic heterocycles. The van der Waals surface area contributed by atoms with E-state index < -0.39 is 18.0 Å².